The first-order chi connectivity index (χ1) is 9.15. The molecule has 0 bridgehead atoms. The van der Waals surface area contributed by atoms with Crippen LogP contribution in [-0.4, -0.2) is 47.8 Å². The summed E-state index contributed by atoms with van der Waals surface area (Å²) >= 11 is 0. The van der Waals surface area contributed by atoms with Crippen molar-refractivity contribution >= 4 is 11.8 Å². The first-order valence-corrected chi connectivity index (χ1v) is 7.70. The summed E-state index contributed by atoms with van der Waals surface area (Å²) in [5.74, 6) is 0.561. The van der Waals surface area contributed by atoms with Gasteiger partial charge in [0, 0.05) is 32.6 Å². The number of piperidine rings is 1. The van der Waals surface area contributed by atoms with Gasteiger partial charge in [-0.05, 0) is 32.1 Å². The number of fused-ring (bicyclic) bond motifs is 1. The van der Waals surface area contributed by atoms with E-state index in [2.05, 4.69) is 4.90 Å². The van der Waals surface area contributed by atoms with Crippen molar-refractivity contribution in [3.63, 3.8) is 0 Å². The van der Waals surface area contributed by atoms with Crippen molar-refractivity contribution in [3.05, 3.63) is 0 Å². The average molecular weight is 264 g/mol. The van der Waals surface area contributed by atoms with Crippen LogP contribution in [0.5, 0.6) is 0 Å². The lowest BCUT2D eigenvalue weighted by Crippen LogP contribution is -2.60. The van der Waals surface area contributed by atoms with Crippen molar-refractivity contribution in [3.8, 4) is 0 Å². The van der Waals surface area contributed by atoms with Crippen molar-refractivity contribution in [2.24, 2.45) is 5.41 Å². The molecule has 2 saturated heterocycles. The highest BCUT2D eigenvalue weighted by atomic mass is 16.2. The molecule has 3 rings (SSSR count). The second-order valence-electron chi connectivity index (χ2n) is 6.42. The van der Waals surface area contributed by atoms with E-state index in [1.165, 1.54) is 0 Å². The summed E-state index contributed by atoms with van der Waals surface area (Å²) in [6.07, 6.45) is 7.87. The van der Waals surface area contributed by atoms with E-state index in [0.717, 1.165) is 58.0 Å². The third-order valence-electron chi connectivity index (χ3n) is 5.45. The van der Waals surface area contributed by atoms with E-state index in [9.17, 15) is 9.59 Å². The number of nitrogens with zero attached hydrogens (tertiary/aromatic N) is 2. The Morgan fingerprint density at radius 1 is 1.16 bits per heavy atom. The van der Waals surface area contributed by atoms with E-state index >= 15 is 0 Å². The standard InChI is InChI=1S/C15H24N2O2/c1-16-12-6-2-3-8-15(12,9-7-13(16)18)14(19)17-10-4-5-11-17/h12H,2-11H2,1H3/t12-,15-/m1/s1. The van der Waals surface area contributed by atoms with Crippen LogP contribution < -0.4 is 0 Å². The molecule has 0 N–H and O–H groups in total. The Balaban J connectivity index is 1.88. The highest BCUT2D eigenvalue weighted by molar-refractivity contribution is 5.88. The van der Waals surface area contributed by atoms with E-state index in [-0.39, 0.29) is 17.4 Å². The van der Waals surface area contributed by atoms with Gasteiger partial charge in [0.05, 0.1) is 5.41 Å². The second kappa shape index (κ2) is 4.80. The molecule has 1 aliphatic carbocycles. The van der Waals surface area contributed by atoms with Gasteiger partial charge < -0.3 is 9.80 Å². The smallest absolute Gasteiger partial charge is 0.230 e. The van der Waals surface area contributed by atoms with Crippen LogP contribution in [0.15, 0.2) is 0 Å². The monoisotopic (exact) mass is 264 g/mol. The second-order valence-corrected chi connectivity index (χ2v) is 6.42. The molecule has 3 fully saturated rings. The van der Waals surface area contributed by atoms with Gasteiger partial charge >= 0.3 is 0 Å². The van der Waals surface area contributed by atoms with Crippen molar-refractivity contribution in [2.75, 3.05) is 20.1 Å². The molecule has 0 aromatic carbocycles. The van der Waals surface area contributed by atoms with Crippen LogP contribution in [0.25, 0.3) is 0 Å². The zero-order valence-electron chi connectivity index (χ0n) is 11.9. The number of amides is 2. The lowest BCUT2D eigenvalue weighted by atomic mass is 9.64. The molecule has 2 atom stereocenters. The van der Waals surface area contributed by atoms with Gasteiger partial charge in [-0.2, -0.15) is 0 Å². The maximum absolute atomic E-state index is 13.0. The molecule has 4 nitrogen and oxygen atoms in total. The molecule has 2 heterocycles. The Kier molecular flexibility index (Phi) is 3.27. The van der Waals surface area contributed by atoms with Crippen LogP contribution in [0.2, 0.25) is 0 Å². The number of rotatable bonds is 1. The molecule has 2 aliphatic heterocycles. The number of carbonyl (C=O) groups is 2. The molecule has 3 aliphatic rings. The number of likely N-dealkylation sites (tertiary alicyclic amines) is 2. The summed E-state index contributed by atoms with van der Waals surface area (Å²) in [5, 5.41) is 0. The highest BCUT2D eigenvalue weighted by Gasteiger charge is 2.53. The van der Waals surface area contributed by atoms with Gasteiger partial charge in [0.15, 0.2) is 0 Å². The molecule has 0 spiro atoms. The quantitative estimate of drug-likeness (QED) is 0.724. The van der Waals surface area contributed by atoms with Crippen molar-refractivity contribution < 1.29 is 9.59 Å². The fraction of sp³-hybridized carbons (Fsp3) is 0.867. The van der Waals surface area contributed by atoms with E-state index < -0.39 is 0 Å². The van der Waals surface area contributed by atoms with Crippen LogP contribution >= 0.6 is 0 Å². The molecule has 0 radical (unpaired) electrons. The Morgan fingerprint density at radius 3 is 2.63 bits per heavy atom. The predicted octanol–water partition coefficient (Wildman–Crippen LogP) is 1.79. The van der Waals surface area contributed by atoms with Crippen LogP contribution in [0, 0.1) is 5.41 Å². The fourth-order valence-electron chi connectivity index (χ4n) is 4.35. The third kappa shape index (κ3) is 1.96. The zero-order chi connectivity index (χ0) is 13.5. The van der Waals surface area contributed by atoms with Crippen LogP contribution in [0.4, 0.5) is 0 Å². The average Bonchev–Trinajstić information content (AvgIpc) is 2.96. The SMILES string of the molecule is CN1C(=O)CC[C@]2(C(=O)N3CCCC3)CCCC[C@@H]12. The van der Waals surface area contributed by atoms with Crippen LogP contribution in [-0.2, 0) is 9.59 Å². The Bertz CT molecular complexity index is 390. The van der Waals surface area contributed by atoms with Gasteiger partial charge in [-0.3, -0.25) is 9.59 Å². The Labute approximate surface area is 115 Å². The van der Waals surface area contributed by atoms with Gasteiger partial charge in [0.1, 0.15) is 0 Å². The molecule has 0 aromatic heterocycles. The highest BCUT2D eigenvalue weighted by Crippen LogP contribution is 2.47. The zero-order valence-corrected chi connectivity index (χ0v) is 11.9. The molecule has 19 heavy (non-hydrogen) atoms. The predicted molar refractivity (Wildman–Crippen MR) is 72.5 cm³/mol. The molecule has 4 heteroatoms. The van der Waals surface area contributed by atoms with Crippen LogP contribution in [0.3, 0.4) is 0 Å². The summed E-state index contributed by atoms with van der Waals surface area (Å²) in [4.78, 5) is 28.9. The largest absolute Gasteiger partial charge is 0.342 e. The third-order valence-corrected chi connectivity index (χ3v) is 5.45. The van der Waals surface area contributed by atoms with Crippen molar-refractivity contribution in [2.45, 2.75) is 57.4 Å². The van der Waals surface area contributed by atoms with Gasteiger partial charge in [-0.25, -0.2) is 0 Å². The number of hydrogen-bond acceptors (Lipinski definition) is 2. The lowest BCUT2D eigenvalue weighted by molar-refractivity contribution is -0.159. The Hall–Kier alpha value is -1.06. The number of carbonyl (C=O) groups excluding carboxylic acids is 2. The van der Waals surface area contributed by atoms with E-state index in [1.54, 1.807) is 0 Å². The summed E-state index contributed by atoms with van der Waals surface area (Å²) in [7, 11) is 1.89. The molecule has 0 unspecified atom stereocenters. The first kappa shape index (κ1) is 12.9. The number of hydrogen-bond donors (Lipinski definition) is 0. The molecule has 106 valence electrons. The Morgan fingerprint density at radius 2 is 1.89 bits per heavy atom. The van der Waals surface area contributed by atoms with Crippen molar-refractivity contribution in [1.29, 1.82) is 0 Å². The summed E-state index contributed by atoms with van der Waals surface area (Å²) in [6, 6.07) is 0.149. The summed E-state index contributed by atoms with van der Waals surface area (Å²) in [6.45, 7) is 1.84. The molecule has 0 aromatic rings. The van der Waals surface area contributed by atoms with E-state index in [4.69, 9.17) is 0 Å². The summed E-state index contributed by atoms with van der Waals surface area (Å²) < 4.78 is 0. The topological polar surface area (TPSA) is 40.6 Å². The minimum atomic E-state index is -0.259. The van der Waals surface area contributed by atoms with E-state index in [0.29, 0.717) is 12.3 Å². The molecule has 1 saturated carbocycles. The normalized spacial score (nSPS) is 35.4. The molecular formula is C15H24N2O2. The summed E-state index contributed by atoms with van der Waals surface area (Å²) in [5.41, 5.74) is -0.259. The van der Waals surface area contributed by atoms with Gasteiger partial charge in [-0.15, -0.1) is 0 Å². The van der Waals surface area contributed by atoms with E-state index in [1.807, 2.05) is 11.9 Å². The minimum absolute atomic E-state index is 0.149. The molecule has 2 amide bonds. The molecular weight excluding hydrogens is 240 g/mol. The van der Waals surface area contributed by atoms with Crippen molar-refractivity contribution in [1.82, 2.24) is 9.80 Å². The van der Waals surface area contributed by atoms with Gasteiger partial charge in [-0.1, -0.05) is 12.8 Å². The lowest BCUT2D eigenvalue weighted by Gasteiger charge is -2.51. The first-order valence-electron chi connectivity index (χ1n) is 7.70. The minimum Gasteiger partial charge on any atom is -0.342 e. The fourth-order valence-corrected chi connectivity index (χ4v) is 4.35. The maximum Gasteiger partial charge on any atom is 0.230 e. The maximum atomic E-state index is 13.0. The van der Waals surface area contributed by atoms with Crippen LogP contribution in [0.1, 0.15) is 51.4 Å². The van der Waals surface area contributed by atoms with Gasteiger partial charge in [0.25, 0.3) is 0 Å². The van der Waals surface area contributed by atoms with Gasteiger partial charge in [0.2, 0.25) is 11.8 Å².